The molecule has 0 radical (unpaired) electrons. The van der Waals surface area contributed by atoms with Gasteiger partial charge in [0.05, 0.1) is 17.0 Å². The van der Waals surface area contributed by atoms with Crippen LogP contribution in [0.15, 0.2) is 47.4 Å². The second-order valence-corrected chi connectivity index (χ2v) is 6.44. The van der Waals surface area contributed by atoms with Gasteiger partial charge in [0.1, 0.15) is 0 Å². The van der Waals surface area contributed by atoms with Crippen LogP contribution in [0.3, 0.4) is 0 Å². The van der Waals surface area contributed by atoms with Gasteiger partial charge in [-0.05, 0) is 37.3 Å². The molecule has 0 spiro atoms. The Labute approximate surface area is 149 Å². The van der Waals surface area contributed by atoms with E-state index in [1.165, 1.54) is 0 Å². The molecule has 2 aromatic rings. The molecule has 0 saturated carbocycles. The number of carbonyl (C=O) groups excluding carboxylic acids is 1. The van der Waals surface area contributed by atoms with E-state index in [4.69, 9.17) is 0 Å². The number of hydrogen-bond donors (Lipinski definition) is 0. The predicted molar refractivity (Wildman–Crippen MR) is 86.9 cm³/mol. The molecule has 2 aromatic carbocycles. The molecule has 1 amide bonds. The van der Waals surface area contributed by atoms with Crippen LogP contribution in [0.2, 0.25) is 0 Å². The second-order valence-electron chi connectivity index (χ2n) is 5.43. The number of benzene rings is 2. The Morgan fingerprint density at radius 2 is 1.42 bits per heavy atom. The molecule has 0 aromatic heterocycles. The van der Waals surface area contributed by atoms with Crippen LogP contribution in [0.1, 0.15) is 16.7 Å². The van der Waals surface area contributed by atoms with Gasteiger partial charge in [0.25, 0.3) is 0 Å². The summed E-state index contributed by atoms with van der Waals surface area (Å²) < 4.78 is 77.5. The Morgan fingerprint density at radius 1 is 0.923 bits per heavy atom. The lowest BCUT2D eigenvalue weighted by Gasteiger charge is -2.21. The van der Waals surface area contributed by atoms with Gasteiger partial charge in [-0.2, -0.15) is 26.3 Å². The van der Waals surface area contributed by atoms with E-state index in [2.05, 4.69) is 0 Å². The van der Waals surface area contributed by atoms with Crippen molar-refractivity contribution in [2.75, 3.05) is 10.8 Å². The van der Waals surface area contributed by atoms with E-state index in [0.29, 0.717) is 12.1 Å². The van der Waals surface area contributed by atoms with E-state index in [9.17, 15) is 31.1 Å². The van der Waals surface area contributed by atoms with Crippen molar-refractivity contribution in [3.8, 4) is 0 Å². The zero-order valence-corrected chi connectivity index (χ0v) is 14.2. The highest BCUT2D eigenvalue weighted by Crippen LogP contribution is 2.38. The molecule has 0 atom stereocenters. The van der Waals surface area contributed by atoms with Gasteiger partial charge >= 0.3 is 12.4 Å². The van der Waals surface area contributed by atoms with Gasteiger partial charge in [0.2, 0.25) is 6.41 Å². The molecule has 0 aliphatic heterocycles. The van der Waals surface area contributed by atoms with Crippen molar-refractivity contribution in [3.63, 3.8) is 0 Å². The fraction of sp³-hybridized carbons (Fsp3) is 0.235. The van der Waals surface area contributed by atoms with E-state index in [1.807, 2.05) is 6.92 Å². The van der Waals surface area contributed by atoms with Crippen molar-refractivity contribution in [1.29, 1.82) is 0 Å². The number of carbonyl (C=O) groups is 1. The number of halogens is 6. The summed E-state index contributed by atoms with van der Waals surface area (Å²) in [5.41, 5.74) is -2.40. The minimum atomic E-state index is -4.96. The van der Waals surface area contributed by atoms with Gasteiger partial charge in [-0.25, -0.2) is 0 Å². The summed E-state index contributed by atoms with van der Waals surface area (Å²) in [5.74, 6) is -0.134. The first kappa shape index (κ1) is 20.2. The first-order valence-electron chi connectivity index (χ1n) is 7.21. The van der Waals surface area contributed by atoms with Gasteiger partial charge in [-0.3, -0.25) is 4.79 Å². The molecule has 2 rings (SSSR count). The van der Waals surface area contributed by atoms with Crippen molar-refractivity contribution in [2.45, 2.75) is 24.2 Å². The molecule has 0 unspecified atom stereocenters. The average Bonchev–Trinajstić information content (AvgIpc) is 2.55. The summed E-state index contributed by atoms with van der Waals surface area (Å²) in [7, 11) is 0. The van der Waals surface area contributed by atoms with E-state index in [0.717, 1.165) is 27.1 Å². The maximum absolute atomic E-state index is 12.9. The Bertz CT molecular complexity index is 738. The molecule has 9 heteroatoms. The third kappa shape index (κ3) is 5.17. The van der Waals surface area contributed by atoms with Crippen LogP contribution in [0, 0.1) is 6.92 Å². The molecule has 0 aliphatic rings. The van der Waals surface area contributed by atoms with Crippen LogP contribution in [0.4, 0.5) is 32.0 Å². The zero-order valence-electron chi connectivity index (χ0n) is 13.4. The monoisotopic (exact) mass is 393 g/mol. The van der Waals surface area contributed by atoms with Crippen LogP contribution in [-0.2, 0) is 17.1 Å². The number of anilines is 1. The first-order chi connectivity index (χ1) is 12.0. The molecule has 0 heterocycles. The lowest BCUT2D eigenvalue weighted by atomic mass is 10.1. The molecular weight excluding hydrogens is 380 g/mol. The normalized spacial score (nSPS) is 12.1. The quantitative estimate of drug-likeness (QED) is 0.279. The molecule has 0 fully saturated rings. The standard InChI is InChI=1S/C17H13F6NOS/c1-11-2-4-15(5-3-11)26-10-24(9-25)14-7-12(16(18,19)20)6-13(8-14)17(21,22)23/h2-9H,10H2,1H3. The summed E-state index contributed by atoms with van der Waals surface area (Å²) in [5, 5.41) is 0. The van der Waals surface area contributed by atoms with Crippen molar-refractivity contribution in [1.82, 2.24) is 0 Å². The van der Waals surface area contributed by atoms with Crippen molar-refractivity contribution in [3.05, 3.63) is 59.2 Å². The average molecular weight is 393 g/mol. The number of thioether (sulfide) groups is 1. The predicted octanol–water partition coefficient (Wildman–Crippen LogP) is 5.75. The van der Waals surface area contributed by atoms with Crippen LogP contribution in [-0.4, -0.2) is 12.3 Å². The highest BCUT2D eigenvalue weighted by molar-refractivity contribution is 7.99. The largest absolute Gasteiger partial charge is 0.416 e. The molecule has 2 nitrogen and oxygen atoms in total. The van der Waals surface area contributed by atoms with Gasteiger partial charge < -0.3 is 4.90 Å². The number of alkyl halides is 6. The van der Waals surface area contributed by atoms with Crippen LogP contribution in [0.25, 0.3) is 0 Å². The maximum Gasteiger partial charge on any atom is 0.416 e. The number of aryl methyl sites for hydroxylation is 1. The van der Waals surface area contributed by atoms with E-state index < -0.39 is 29.2 Å². The topological polar surface area (TPSA) is 20.3 Å². The number of rotatable bonds is 5. The Balaban J connectivity index is 2.33. The van der Waals surface area contributed by atoms with Crippen molar-refractivity contribution in [2.24, 2.45) is 0 Å². The minimum absolute atomic E-state index is 0.0274. The third-order valence-corrected chi connectivity index (χ3v) is 4.44. The Hall–Kier alpha value is -2.16. The first-order valence-corrected chi connectivity index (χ1v) is 8.20. The molecule has 0 saturated heterocycles. The highest BCUT2D eigenvalue weighted by Gasteiger charge is 2.37. The second kappa shape index (κ2) is 7.61. The van der Waals surface area contributed by atoms with Crippen LogP contribution in [0.5, 0.6) is 0 Å². The number of nitrogens with zero attached hydrogens (tertiary/aromatic N) is 1. The van der Waals surface area contributed by atoms with E-state index >= 15 is 0 Å². The number of hydrogen-bond acceptors (Lipinski definition) is 2. The van der Waals surface area contributed by atoms with Gasteiger partial charge in [0.15, 0.2) is 0 Å². The smallest absolute Gasteiger partial charge is 0.305 e. The number of amides is 1. The summed E-state index contributed by atoms with van der Waals surface area (Å²) in [6.45, 7) is 1.87. The van der Waals surface area contributed by atoms with Crippen molar-refractivity contribution < 1.29 is 31.1 Å². The molecule has 0 bridgehead atoms. The molecule has 0 N–H and O–H groups in total. The lowest BCUT2D eigenvalue weighted by Crippen LogP contribution is -2.22. The molecule has 0 aliphatic carbocycles. The minimum Gasteiger partial charge on any atom is -0.305 e. The molecule has 140 valence electrons. The van der Waals surface area contributed by atoms with Gasteiger partial charge in [0, 0.05) is 10.6 Å². The lowest BCUT2D eigenvalue weighted by molar-refractivity contribution is -0.143. The van der Waals surface area contributed by atoms with Gasteiger partial charge in [-0.15, -0.1) is 11.8 Å². The fourth-order valence-electron chi connectivity index (χ4n) is 2.05. The summed E-state index contributed by atoms with van der Waals surface area (Å²) >= 11 is 1.12. The highest BCUT2D eigenvalue weighted by atomic mass is 32.2. The van der Waals surface area contributed by atoms with Crippen LogP contribution >= 0.6 is 11.8 Å². The molecular formula is C17H13F6NOS. The Kier molecular flexibility index (Phi) is 5.90. The summed E-state index contributed by atoms with van der Waals surface area (Å²) in [4.78, 5) is 12.8. The third-order valence-electron chi connectivity index (χ3n) is 3.42. The van der Waals surface area contributed by atoms with E-state index in [1.54, 1.807) is 24.3 Å². The van der Waals surface area contributed by atoms with E-state index in [-0.39, 0.29) is 18.4 Å². The SMILES string of the molecule is Cc1ccc(SCN(C=O)c2cc(C(F)(F)F)cc(C(F)(F)F)c2)cc1. The maximum atomic E-state index is 12.9. The fourth-order valence-corrected chi connectivity index (χ4v) is 2.88. The summed E-state index contributed by atoms with van der Waals surface area (Å²) in [6.07, 6.45) is -9.72. The Morgan fingerprint density at radius 3 is 1.85 bits per heavy atom. The van der Waals surface area contributed by atoms with Gasteiger partial charge in [-0.1, -0.05) is 17.7 Å². The molecule has 26 heavy (non-hydrogen) atoms. The summed E-state index contributed by atoms with van der Waals surface area (Å²) in [6, 6.07) is 8.18. The van der Waals surface area contributed by atoms with Crippen LogP contribution < -0.4 is 4.90 Å². The van der Waals surface area contributed by atoms with Crippen molar-refractivity contribution >= 4 is 23.9 Å². The zero-order chi connectivity index (χ0) is 19.5.